The number of aliphatic carboxylic acids is 1. The van der Waals surface area contributed by atoms with E-state index in [0.29, 0.717) is 18.4 Å². The summed E-state index contributed by atoms with van der Waals surface area (Å²) in [4.78, 5) is 17.0. The predicted molar refractivity (Wildman–Crippen MR) is 57.3 cm³/mol. The van der Waals surface area contributed by atoms with Crippen molar-refractivity contribution in [1.29, 1.82) is 0 Å². The minimum atomic E-state index is -0.719. The second kappa shape index (κ2) is 4.10. The van der Waals surface area contributed by atoms with E-state index in [0.717, 1.165) is 18.9 Å². The fraction of sp³-hybridized carbons (Fsp3) is 0.727. The lowest BCUT2D eigenvalue weighted by atomic mass is 9.97. The van der Waals surface area contributed by atoms with E-state index in [1.807, 2.05) is 0 Å². The van der Waals surface area contributed by atoms with Crippen LogP contribution in [-0.2, 0) is 11.3 Å². The van der Waals surface area contributed by atoms with E-state index >= 15 is 0 Å². The van der Waals surface area contributed by atoms with Gasteiger partial charge in [0.15, 0.2) is 5.82 Å². The minimum Gasteiger partial charge on any atom is -0.481 e. The lowest BCUT2D eigenvalue weighted by Crippen LogP contribution is -2.46. The van der Waals surface area contributed by atoms with Gasteiger partial charge in [-0.05, 0) is 18.8 Å². The van der Waals surface area contributed by atoms with Crippen LogP contribution in [0.3, 0.4) is 0 Å². The molecule has 2 fully saturated rings. The summed E-state index contributed by atoms with van der Waals surface area (Å²) in [5.74, 6) is 1.56. The monoisotopic (exact) mass is 237 g/mol. The van der Waals surface area contributed by atoms with Gasteiger partial charge >= 0.3 is 5.97 Å². The molecule has 3 rings (SSSR count). The van der Waals surface area contributed by atoms with E-state index in [-0.39, 0.29) is 12.3 Å². The summed E-state index contributed by atoms with van der Waals surface area (Å²) in [5.41, 5.74) is 0. The zero-order chi connectivity index (χ0) is 11.8. The van der Waals surface area contributed by atoms with Crippen LogP contribution in [0.15, 0.2) is 4.52 Å². The molecule has 0 bridgehead atoms. The smallest absolute Gasteiger partial charge is 0.303 e. The van der Waals surface area contributed by atoms with Crippen molar-refractivity contribution in [2.45, 2.75) is 31.7 Å². The summed E-state index contributed by atoms with van der Waals surface area (Å²) in [5, 5.41) is 12.6. The maximum Gasteiger partial charge on any atom is 0.303 e. The number of carboxylic acid groups (broad SMARTS) is 1. The Bertz CT molecular complexity index is 421. The van der Waals surface area contributed by atoms with E-state index < -0.39 is 5.97 Å². The van der Waals surface area contributed by atoms with Gasteiger partial charge in [0.2, 0.25) is 5.89 Å². The van der Waals surface area contributed by atoms with E-state index in [9.17, 15) is 4.79 Å². The molecule has 2 heterocycles. The number of carbonyl (C=O) groups is 1. The number of hydrogen-bond acceptors (Lipinski definition) is 5. The third-order valence-electron chi connectivity index (χ3n) is 3.28. The summed E-state index contributed by atoms with van der Waals surface area (Å²) in [7, 11) is 0. The SMILES string of the molecule is O=C(O)CC1CN(Cc2nc(C3CC3)no2)C1. The van der Waals surface area contributed by atoms with Crippen molar-refractivity contribution in [2.75, 3.05) is 13.1 Å². The van der Waals surface area contributed by atoms with Gasteiger partial charge in [-0.3, -0.25) is 9.69 Å². The topological polar surface area (TPSA) is 79.5 Å². The van der Waals surface area contributed by atoms with Crippen molar-refractivity contribution in [3.05, 3.63) is 11.7 Å². The maximum absolute atomic E-state index is 10.5. The number of aromatic nitrogens is 2. The summed E-state index contributed by atoms with van der Waals surface area (Å²) in [6, 6.07) is 0. The van der Waals surface area contributed by atoms with Gasteiger partial charge in [-0.1, -0.05) is 5.16 Å². The molecule has 6 heteroatoms. The lowest BCUT2D eigenvalue weighted by molar-refractivity contribution is -0.139. The van der Waals surface area contributed by atoms with Crippen LogP contribution in [0.25, 0.3) is 0 Å². The minimum absolute atomic E-state index is 0.258. The third kappa shape index (κ3) is 2.46. The Balaban J connectivity index is 1.46. The van der Waals surface area contributed by atoms with Crippen LogP contribution in [0.5, 0.6) is 0 Å². The highest BCUT2D eigenvalue weighted by Gasteiger charge is 2.31. The molecule has 92 valence electrons. The van der Waals surface area contributed by atoms with Crippen molar-refractivity contribution in [2.24, 2.45) is 5.92 Å². The Morgan fingerprint density at radius 2 is 2.24 bits per heavy atom. The Labute approximate surface area is 98.6 Å². The summed E-state index contributed by atoms with van der Waals surface area (Å²) >= 11 is 0. The largest absolute Gasteiger partial charge is 0.481 e. The number of likely N-dealkylation sites (tertiary alicyclic amines) is 1. The highest BCUT2D eigenvalue weighted by atomic mass is 16.5. The first-order valence-corrected chi connectivity index (χ1v) is 5.97. The van der Waals surface area contributed by atoms with Gasteiger partial charge < -0.3 is 9.63 Å². The number of hydrogen-bond donors (Lipinski definition) is 1. The zero-order valence-electron chi connectivity index (χ0n) is 9.50. The first-order valence-electron chi connectivity index (χ1n) is 5.97. The zero-order valence-corrected chi connectivity index (χ0v) is 9.50. The average molecular weight is 237 g/mol. The third-order valence-corrected chi connectivity index (χ3v) is 3.28. The van der Waals surface area contributed by atoms with Gasteiger partial charge in [-0.25, -0.2) is 0 Å². The van der Waals surface area contributed by atoms with Gasteiger partial charge in [-0.15, -0.1) is 0 Å². The first-order chi connectivity index (χ1) is 8.20. The Morgan fingerprint density at radius 1 is 1.47 bits per heavy atom. The molecule has 17 heavy (non-hydrogen) atoms. The normalized spacial score (nSPS) is 21.4. The van der Waals surface area contributed by atoms with Crippen LogP contribution in [0.1, 0.15) is 36.9 Å². The van der Waals surface area contributed by atoms with Crippen LogP contribution < -0.4 is 0 Å². The molecular weight excluding hydrogens is 222 g/mol. The Kier molecular flexibility index (Phi) is 2.58. The fourth-order valence-corrected chi connectivity index (χ4v) is 2.21. The number of nitrogens with zero attached hydrogens (tertiary/aromatic N) is 3. The molecule has 0 unspecified atom stereocenters. The van der Waals surface area contributed by atoms with Crippen LogP contribution in [0, 0.1) is 5.92 Å². The molecule has 1 aliphatic heterocycles. The molecule has 0 spiro atoms. The van der Waals surface area contributed by atoms with Crippen molar-refractivity contribution in [3.8, 4) is 0 Å². The fourth-order valence-electron chi connectivity index (χ4n) is 2.21. The van der Waals surface area contributed by atoms with Crippen molar-refractivity contribution < 1.29 is 14.4 Å². The van der Waals surface area contributed by atoms with Gasteiger partial charge in [0.05, 0.1) is 13.0 Å². The molecule has 6 nitrogen and oxygen atoms in total. The number of carboxylic acids is 1. The molecule has 1 aromatic rings. The molecule has 0 amide bonds. The molecule has 1 aromatic heterocycles. The molecule has 1 saturated carbocycles. The van der Waals surface area contributed by atoms with Crippen LogP contribution in [-0.4, -0.2) is 39.2 Å². The molecule has 1 aliphatic carbocycles. The number of rotatable bonds is 5. The highest BCUT2D eigenvalue weighted by Crippen LogP contribution is 2.38. The molecular formula is C11H15N3O3. The highest BCUT2D eigenvalue weighted by molar-refractivity contribution is 5.67. The van der Waals surface area contributed by atoms with Crippen LogP contribution >= 0.6 is 0 Å². The quantitative estimate of drug-likeness (QED) is 0.818. The Morgan fingerprint density at radius 3 is 2.88 bits per heavy atom. The average Bonchev–Trinajstić information content (AvgIpc) is 2.96. The van der Waals surface area contributed by atoms with E-state index in [2.05, 4.69) is 15.0 Å². The first kappa shape index (κ1) is 10.7. The molecule has 1 saturated heterocycles. The summed E-state index contributed by atoms with van der Waals surface area (Å²) in [6.45, 7) is 2.27. The molecule has 0 radical (unpaired) electrons. The van der Waals surface area contributed by atoms with Gasteiger partial charge in [0.25, 0.3) is 0 Å². The van der Waals surface area contributed by atoms with Gasteiger partial charge in [0, 0.05) is 19.0 Å². The molecule has 2 aliphatic rings. The van der Waals surface area contributed by atoms with E-state index in [1.54, 1.807) is 0 Å². The van der Waals surface area contributed by atoms with Crippen molar-refractivity contribution in [1.82, 2.24) is 15.0 Å². The molecule has 0 atom stereocenters. The van der Waals surface area contributed by atoms with Gasteiger partial charge in [0.1, 0.15) is 0 Å². The van der Waals surface area contributed by atoms with E-state index in [1.165, 1.54) is 12.8 Å². The summed E-state index contributed by atoms with van der Waals surface area (Å²) in [6.07, 6.45) is 2.60. The van der Waals surface area contributed by atoms with Crippen LogP contribution in [0.2, 0.25) is 0 Å². The van der Waals surface area contributed by atoms with Crippen molar-refractivity contribution in [3.63, 3.8) is 0 Å². The standard InChI is InChI=1S/C11H15N3O3/c15-10(16)3-7-4-14(5-7)6-9-12-11(13-17-9)8-1-2-8/h7-8H,1-6H2,(H,15,16). The van der Waals surface area contributed by atoms with Crippen molar-refractivity contribution >= 4 is 5.97 Å². The maximum atomic E-state index is 10.5. The molecule has 0 aromatic carbocycles. The lowest BCUT2D eigenvalue weighted by Gasteiger charge is -2.37. The molecule has 1 N–H and O–H groups in total. The van der Waals surface area contributed by atoms with Crippen LogP contribution in [0.4, 0.5) is 0 Å². The predicted octanol–water partition coefficient (Wildman–Crippen LogP) is 0.853. The Hall–Kier alpha value is -1.43. The second-order valence-electron chi connectivity index (χ2n) is 4.98. The summed E-state index contributed by atoms with van der Waals surface area (Å²) < 4.78 is 5.17. The second-order valence-corrected chi connectivity index (χ2v) is 4.98. The van der Waals surface area contributed by atoms with E-state index in [4.69, 9.17) is 9.63 Å². The van der Waals surface area contributed by atoms with Gasteiger partial charge in [-0.2, -0.15) is 4.98 Å².